The Hall–Kier alpha value is -2.35. The number of benzene rings is 1. The minimum absolute atomic E-state index is 0.270. The van der Waals surface area contributed by atoms with Crippen molar-refractivity contribution in [2.45, 2.75) is 6.04 Å². The predicted molar refractivity (Wildman–Crippen MR) is 55.4 cm³/mol. The van der Waals surface area contributed by atoms with Crippen molar-refractivity contribution < 1.29 is 33.4 Å². The Morgan fingerprint density at radius 1 is 1.16 bits per heavy atom. The van der Waals surface area contributed by atoms with E-state index < -0.39 is 53.2 Å². The molecule has 2 rings (SSSR count). The molecule has 1 unspecified atom stereocenters. The average Bonchev–Trinajstić information content (AvgIpc) is 2.56. The van der Waals surface area contributed by atoms with Crippen LogP contribution in [0.5, 0.6) is 0 Å². The number of rotatable bonds is 3. The number of hydrogen-bond acceptors (Lipinski definition) is 4. The van der Waals surface area contributed by atoms with Crippen LogP contribution >= 0.6 is 0 Å². The number of aliphatic hydroxyl groups is 1. The normalized spacial score (nSPS) is 15.6. The van der Waals surface area contributed by atoms with Crippen LogP contribution in [0.3, 0.4) is 0 Å². The van der Waals surface area contributed by atoms with Crippen molar-refractivity contribution >= 4 is 17.8 Å². The maximum Gasteiger partial charge on any atom is 0.329 e. The molecule has 1 aromatic carbocycles. The van der Waals surface area contributed by atoms with E-state index in [1.54, 1.807) is 0 Å². The maximum atomic E-state index is 13.0. The third-order valence-corrected chi connectivity index (χ3v) is 2.73. The molecule has 1 aromatic rings. The summed E-state index contributed by atoms with van der Waals surface area (Å²) in [5.41, 5.74) is -0.854. The Kier molecular flexibility index (Phi) is 3.03. The number of carbonyl (C=O) groups is 3. The van der Waals surface area contributed by atoms with Crippen LogP contribution in [0.4, 0.5) is 8.78 Å². The van der Waals surface area contributed by atoms with Crippen molar-refractivity contribution in [1.82, 2.24) is 4.90 Å². The molecule has 0 saturated heterocycles. The highest BCUT2D eigenvalue weighted by Gasteiger charge is 2.43. The molecule has 0 aromatic heterocycles. The van der Waals surface area contributed by atoms with Crippen LogP contribution in [-0.2, 0) is 4.79 Å². The zero-order valence-corrected chi connectivity index (χ0v) is 9.26. The van der Waals surface area contributed by atoms with Gasteiger partial charge in [-0.15, -0.1) is 0 Å². The highest BCUT2D eigenvalue weighted by molar-refractivity contribution is 6.22. The number of carboxylic acids is 1. The highest BCUT2D eigenvalue weighted by Crippen LogP contribution is 2.26. The Balaban J connectivity index is 2.53. The van der Waals surface area contributed by atoms with Gasteiger partial charge in [0.1, 0.15) is 0 Å². The lowest BCUT2D eigenvalue weighted by Crippen LogP contribution is -2.47. The van der Waals surface area contributed by atoms with Crippen LogP contribution in [-0.4, -0.2) is 45.5 Å². The molecule has 0 bridgehead atoms. The van der Waals surface area contributed by atoms with Gasteiger partial charge in [-0.25, -0.2) is 13.6 Å². The van der Waals surface area contributed by atoms with Crippen LogP contribution in [0.2, 0.25) is 0 Å². The first-order valence-corrected chi connectivity index (χ1v) is 5.09. The molecule has 8 heteroatoms. The molecule has 0 aliphatic carbocycles. The van der Waals surface area contributed by atoms with Crippen LogP contribution in [0, 0.1) is 11.6 Å². The van der Waals surface area contributed by atoms with E-state index in [1.165, 1.54) is 0 Å². The molecule has 0 radical (unpaired) electrons. The SMILES string of the molecule is O=C(O)C(CO)N1C(=O)c2cc(F)c(F)cc2C1=O. The number of fused-ring (bicyclic) bond motifs is 1. The number of carbonyl (C=O) groups excluding carboxylic acids is 2. The van der Waals surface area contributed by atoms with Gasteiger partial charge in [0, 0.05) is 0 Å². The van der Waals surface area contributed by atoms with Crippen LogP contribution in [0.25, 0.3) is 0 Å². The predicted octanol–water partition coefficient (Wildman–Crippen LogP) is 0.00630. The minimum atomic E-state index is -1.79. The summed E-state index contributed by atoms with van der Waals surface area (Å²) in [6, 6.07) is -0.735. The molecule has 19 heavy (non-hydrogen) atoms. The van der Waals surface area contributed by atoms with Crippen LogP contribution < -0.4 is 0 Å². The van der Waals surface area contributed by atoms with Crippen molar-refractivity contribution in [3.63, 3.8) is 0 Å². The van der Waals surface area contributed by atoms with E-state index in [-0.39, 0.29) is 4.90 Å². The molecule has 1 aliphatic heterocycles. The summed E-state index contributed by atoms with van der Waals surface area (Å²) in [5.74, 6) is -6.41. The van der Waals surface area contributed by atoms with E-state index in [9.17, 15) is 23.2 Å². The number of carboxylic acid groups (broad SMARTS) is 1. The van der Waals surface area contributed by atoms with Crippen molar-refractivity contribution in [1.29, 1.82) is 0 Å². The summed E-state index contributed by atoms with van der Waals surface area (Å²) < 4.78 is 26.0. The number of halogens is 2. The number of amides is 2. The van der Waals surface area contributed by atoms with Gasteiger partial charge in [0.15, 0.2) is 17.7 Å². The quantitative estimate of drug-likeness (QED) is 0.755. The van der Waals surface area contributed by atoms with Gasteiger partial charge in [-0.3, -0.25) is 14.5 Å². The largest absolute Gasteiger partial charge is 0.480 e. The second kappa shape index (κ2) is 4.39. The number of imide groups is 1. The molecule has 2 amide bonds. The third kappa shape index (κ3) is 1.85. The fourth-order valence-corrected chi connectivity index (χ4v) is 1.81. The van der Waals surface area contributed by atoms with Gasteiger partial charge < -0.3 is 10.2 Å². The van der Waals surface area contributed by atoms with Gasteiger partial charge in [-0.2, -0.15) is 0 Å². The molecule has 1 atom stereocenters. The fraction of sp³-hybridized carbons (Fsp3) is 0.182. The lowest BCUT2D eigenvalue weighted by atomic mass is 10.1. The van der Waals surface area contributed by atoms with Crippen LogP contribution in [0.1, 0.15) is 20.7 Å². The zero-order valence-electron chi connectivity index (χ0n) is 9.26. The van der Waals surface area contributed by atoms with Crippen molar-refractivity contribution in [3.05, 3.63) is 34.9 Å². The zero-order chi connectivity index (χ0) is 14.3. The molecule has 100 valence electrons. The molecular weight excluding hydrogens is 264 g/mol. The summed E-state index contributed by atoms with van der Waals surface area (Å²) in [6.07, 6.45) is 0. The number of aliphatic hydroxyl groups excluding tert-OH is 1. The van der Waals surface area contributed by atoms with E-state index in [1.807, 2.05) is 0 Å². The van der Waals surface area contributed by atoms with E-state index in [0.29, 0.717) is 12.1 Å². The molecule has 2 N–H and O–H groups in total. The third-order valence-electron chi connectivity index (χ3n) is 2.73. The van der Waals surface area contributed by atoms with Gasteiger partial charge in [0.25, 0.3) is 11.8 Å². The standard InChI is InChI=1S/C11H7F2NO5/c12-6-1-4-5(2-7(6)13)10(17)14(9(4)16)8(3-15)11(18)19/h1-2,8,15H,3H2,(H,18,19). The second-order valence-electron chi connectivity index (χ2n) is 3.83. The number of nitrogens with zero attached hydrogens (tertiary/aromatic N) is 1. The van der Waals surface area contributed by atoms with Crippen molar-refractivity contribution in [2.24, 2.45) is 0 Å². The van der Waals surface area contributed by atoms with Gasteiger partial charge in [0.2, 0.25) is 0 Å². The fourth-order valence-electron chi connectivity index (χ4n) is 1.81. The van der Waals surface area contributed by atoms with E-state index in [4.69, 9.17) is 10.2 Å². The molecule has 1 heterocycles. The Bertz CT molecular complexity index is 560. The lowest BCUT2D eigenvalue weighted by Gasteiger charge is -2.19. The van der Waals surface area contributed by atoms with Gasteiger partial charge in [0.05, 0.1) is 17.7 Å². The highest BCUT2D eigenvalue weighted by atomic mass is 19.2. The van der Waals surface area contributed by atoms with E-state index >= 15 is 0 Å². The van der Waals surface area contributed by atoms with Crippen LogP contribution in [0.15, 0.2) is 12.1 Å². The maximum absolute atomic E-state index is 13.0. The smallest absolute Gasteiger partial charge is 0.329 e. The molecule has 6 nitrogen and oxygen atoms in total. The molecule has 0 spiro atoms. The Morgan fingerprint density at radius 2 is 1.58 bits per heavy atom. The van der Waals surface area contributed by atoms with E-state index in [0.717, 1.165) is 0 Å². The minimum Gasteiger partial charge on any atom is -0.480 e. The summed E-state index contributed by atoms with van der Waals surface area (Å²) >= 11 is 0. The molecular formula is C11H7F2NO5. The topological polar surface area (TPSA) is 94.9 Å². The first-order valence-electron chi connectivity index (χ1n) is 5.09. The Morgan fingerprint density at radius 3 is 1.89 bits per heavy atom. The second-order valence-corrected chi connectivity index (χ2v) is 3.83. The average molecular weight is 271 g/mol. The van der Waals surface area contributed by atoms with Gasteiger partial charge in [-0.05, 0) is 12.1 Å². The van der Waals surface area contributed by atoms with Gasteiger partial charge in [-0.1, -0.05) is 0 Å². The first kappa shape index (κ1) is 13.1. The van der Waals surface area contributed by atoms with Gasteiger partial charge >= 0.3 is 5.97 Å². The number of hydrogen-bond donors (Lipinski definition) is 2. The summed E-state index contributed by atoms with van der Waals surface area (Å²) in [4.78, 5) is 34.7. The monoisotopic (exact) mass is 271 g/mol. The van der Waals surface area contributed by atoms with Crippen molar-refractivity contribution in [3.8, 4) is 0 Å². The summed E-state index contributed by atoms with van der Waals surface area (Å²) in [7, 11) is 0. The molecule has 0 fully saturated rings. The van der Waals surface area contributed by atoms with E-state index in [2.05, 4.69) is 0 Å². The number of aliphatic carboxylic acids is 1. The molecule has 0 saturated carbocycles. The van der Waals surface area contributed by atoms with Crippen molar-refractivity contribution in [2.75, 3.05) is 6.61 Å². The molecule has 1 aliphatic rings. The summed E-state index contributed by atoms with van der Waals surface area (Å²) in [6.45, 7) is -0.994. The first-order chi connectivity index (χ1) is 8.88. The lowest BCUT2D eigenvalue weighted by molar-refractivity contribution is -0.142. The summed E-state index contributed by atoms with van der Waals surface area (Å²) in [5, 5.41) is 17.7. The Labute approximate surface area is 104 Å².